The van der Waals surface area contributed by atoms with Gasteiger partial charge in [-0.2, -0.15) is 0 Å². The van der Waals surface area contributed by atoms with Crippen LogP contribution in [-0.2, 0) is 9.53 Å². The van der Waals surface area contributed by atoms with Crippen molar-refractivity contribution in [1.29, 1.82) is 0 Å². The molecule has 0 amide bonds. The lowest BCUT2D eigenvalue weighted by Crippen LogP contribution is -2.05. The molecule has 0 rings (SSSR count). The molecule has 0 aliphatic carbocycles. The SMILES string of the molecule is CCCCCCCC(=O)OCCCCCCCCC(C)O. The topological polar surface area (TPSA) is 46.5 Å². The van der Waals surface area contributed by atoms with Crippen LogP contribution in [0.25, 0.3) is 0 Å². The predicted molar refractivity (Wildman–Crippen MR) is 88.3 cm³/mol. The quantitative estimate of drug-likeness (QED) is 0.342. The third-order valence-corrected chi connectivity index (χ3v) is 3.76. The zero-order valence-electron chi connectivity index (χ0n) is 14.2. The second-order valence-electron chi connectivity index (χ2n) is 6.14. The number of aliphatic hydroxyl groups excluding tert-OH is 1. The summed E-state index contributed by atoms with van der Waals surface area (Å²) in [7, 11) is 0. The van der Waals surface area contributed by atoms with Gasteiger partial charge in [0, 0.05) is 6.42 Å². The van der Waals surface area contributed by atoms with Crippen LogP contribution in [0.2, 0.25) is 0 Å². The maximum Gasteiger partial charge on any atom is 0.305 e. The second kappa shape index (κ2) is 15.8. The van der Waals surface area contributed by atoms with E-state index in [4.69, 9.17) is 9.84 Å². The summed E-state index contributed by atoms with van der Waals surface area (Å²) in [5.41, 5.74) is 0. The third-order valence-electron chi connectivity index (χ3n) is 3.76. The van der Waals surface area contributed by atoms with Gasteiger partial charge in [0.15, 0.2) is 0 Å². The van der Waals surface area contributed by atoms with Gasteiger partial charge in [-0.15, -0.1) is 0 Å². The molecule has 0 spiro atoms. The average Bonchev–Trinajstić information content (AvgIpc) is 2.45. The van der Waals surface area contributed by atoms with Gasteiger partial charge < -0.3 is 9.84 Å². The average molecular weight is 300 g/mol. The van der Waals surface area contributed by atoms with Gasteiger partial charge in [0.2, 0.25) is 0 Å². The molecule has 0 heterocycles. The van der Waals surface area contributed by atoms with Crippen molar-refractivity contribution in [3.63, 3.8) is 0 Å². The molecule has 3 nitrogen and oxygen atoms in total. The molecular formula is C18H36O3. The molecule has 0 saturated carbocycles. The Morgan fingerprint density at radius 2 is 1.48 bits per heavy atom. The molecule has 0 aromatic carbocycles. The van der Waals surface area contributed by atoms with E-state index in [9.17, 15) is 4.79 Å². The van der Waals surface area contributed by atoms with E-state index in [0.29, 0.717) is 13.0 Å². The maximum absolute atomic E-state index is 11.5. The first-order chi connectivity index (χ1) is 10.2. The largest absolute Gasteiger partial charge is 0.466 e. The lowest BCUT2D eigenvalue weighted by Gasteiger charge is -2.06. The molecule has 0 aliphatic heterocycles. The van der Waals surface area contributed by atoms with E-state index in [1.54, 1.807) is 0 Å². The summed E-state index contributed by atoms with van der Waals surface area (Å²) in [5, 5.41) is 9.13. The van der Waals surface area contributed by atoms with E-state index in [0.717, 1.165) is 38.5 Å². The lowest BCUT2D eigenvalue weighted by molar-refractivity contribution is -0.143. The summed E-state index contributed by atoms with van der Waals surface area (Å²) in [4.78, 5) is 11.5. The number of esters is 1. The number of carbonyl (C=O) groups is 1. The van der Waals surface area contributed by atoms with Crippen molar-refractivity contribution in [1.82, 2.24) is 0 Å². The number of hydrogen-bond donors (Lipinski definition) is 1. The molecule has 21 heavy (non-hydrogen) atoms. The van der Waals surface area contributed by atoms with E-state index in [-0.39, 0.29) is 12.1 Å². The van der Waals surface area contributed by atoms with E-state index in [1.807, 2.05) is 6.92 Å². The highest BCUT2D eigenvalue weighted by atomic mass is 16.5. The van der Waals surface area contributed by atoms with Gasteiger partial charge in [-0.3, -0.25) is 4.79 Å². The van der Waals surface area contributed by atoms with Crippen molar-refractivity contribution in [2.24, 2.45) is 0 Å². The zero-order valence-corrected chi connectivity index (χ0v) is 14.2. The molecular weight excluding hydrogens is 264 g/mol. The number of carbonyl (C=O) groups excluding carboxylic acids is 1. The van der Waals surface area contributed by atoms with Crippen LogP contribution < -0.4 is 0 Å². The van der Waals surface area contributed by atoms with Crippen molar-refractivity contribution in [2.75, 3.05) is 6.61 Å². The Kier molecular flexibility index (Phi) is 15.4. The minimum absolute atomic E-state index is 0.0246. The highest BCUT2D eigenvalue weighted by Gasteiger charge is 2.02. The minimum Gasteiger partial charge on any atom is -0.466 e. The van der Waals surface area contributed by atoms with Gasteiger partial charge in [-0.05, 0) is 26.2 Å². The Hall–Kier alpha value is -0.570. The molecule has 1 N–H and O–H groups in total. The summed E-state index contributed by atoms with van der Waals surface area (Å²) in [6.07, 6.45) is 14.1. The summed E-state index contributed by atoms with van der Waals surface area (Å²) in [6.45, 7) is 4.63. The van der Waals surface area contributed by atoms with Crippen LogP contribution in [0.15, 0.2) is 0 Å². The van der Waals surface area contributed by atoms with E-state index in [1.165, 1.54) is 38.5 Å². The van der Waals surface area contributed by atoms with Crippen LogP contribution in [0.5, 0.6) is 0 Å². The summed E-state index contributed by atoms with van der Waals surface area (Å²) in [6, 6.07) is 0. The normalized spacial score (nSPS) is 12.3. The van der Waals surface area contributed by atoms with Crippen molar-refractivity contribution in [3.05, 3.63) is 0 Å². The number of aliphatic hydroxyl groups is 1. The minimum atomic E-state index is -0.161. The third kappa shape index (κ3) is 17.4. The van der Waals surface area contributed by atoms with Crippen LogP contribution in [0.1, 0.15) is 97.3 Å². The first kappa shape index (κ1) is 20.4. The Bertz CT molecular complexity index is 227. The van der Waals surface area contributed by atoms with Gasteiger partial charge in [0.1, 0.15) is 0 Å². The fourth-order valence-electron chi connectivity index (χ4n) is 2.38. The first-order valence-corrected chi connectivity index (χ1v) is 9.00. The van der Waals surface area contributed by atoms with Gasteiger partial charge in [-0.1, -0.05) is 64.7 Å². The van der Waals surface area contributed by atoms with E-state index in [2.05, 4.69) is 6.92 Å². The van der Waals surface area contributed by atoms with Crippen LogP contribution in [0, 0.1) is 0 Å². The molecule has 0 bridgehead atoms. The molecule has 0 fully saturated rings. The van der Waals surface area contributed by atoms with Crippen molar-refractivity contribution in [3.8, 4) is 0 Å². The Balaban J connectivity index is 3.14. The predicted octanol–water partition coefficient (Wildman–Crippen LogP) is 5.00. The summed E-state index contributed by atoms with van der Waals surface area (Å²) in [5.74, 6) is -0.0246. The Labute approximate surface area is 131 Å². The van der Waals surface area contributed by atoms with Crippen LogP contribution in [0.4, 0.5) is 0 Å². The summed E-state index contributed by atoms with van der Waals surface area (Å²) < 4.78 is 5.24. The fraction of sp³-hybridized carbons (Fsp3) is 0.944. The zero-order chi connectivity index (χ0) is 15.8. The van der Waals surface area contributed by atoms with Gasteiger partial charge >= 0.3 is 5.97 Å². The van der Waals surface area contributed by atoms with Gasteiger partial charge in [0.05, 0.1) is 12.7 Å². The molecule has 0 aromatic rings. The molecule has 0 saturated heterocycles. The molecule has 126 valence electrons. The van der Waals surface area contributed by atoms with Gasteiger partial charge in [0.25, 0.3) is 0 Å². The van der Waals surface area contributed by atoms with Crippen molar-refractivity contribution < 1.29 is 14.6 Å². The fourth-order valence-corrected chi connectivity index (χ4v) is 2.38. The standard InChI is InChI=1S/C18H36O3/c1-3-4-5-8-12-15-18(20)21-16-13-10-7-6-9-11-14-17(2)19/h17,19H,3-16H2,1-2H3. The molecule has 1 unspecified atom stereocenters. The highest BCUT2D eigenvalue weighted by Crippen LogP contribution is 2.09. The summed E-state index contributed by atoms with van der Waals surface area (Å²) >= 11 is 0. The Morgan fingerprint density at radius 3 is 2.14 bits per heavy atom. The number of rotatable bonds is 15. The highest BCUT2D eigenvalue weighted by molar-refractivity contribution is 5.69. The molecule has 3 heteroatoms. The lowest BCUT2D eigenvalue weighted by atomic mass is 10.1. The van der Waals surface area contributed by atoms with Crippen LogP contribution >= 0.6 is 0 Å². The van der Waals surface area contributed by atoms with Crippen LogP contribution in [-0.4, -0.2) is 23.8 Å². The first-order valence-electron chi connectivity index (χ1n) is 9.00. The molecule has 0 radical (unpaired) electrons. The maximum atomic E-state index is 11.5. The Morgan fingerprint density at radius 1 is 0.905 bits per heavy atom. The van der Waals surface area contributed by atoms with Crippen LogP contribution in [0.3, 0.4) is 0 Å². The monoisotopic (exact) mass is 300 g/mol. The molecule has 0 aliphatic rings. The van der Waals surface area contributed by atoms with Crippen molar-refractivity contribution >= 4 is 5.97 Å². The number of hydrogen-bond acceptors (Lipinski definition) is 3. The second-order valence-corrected chi connectivity index (χ2v) is 6.14. The number of ether oxygens (including phenoxy) is 1. The van der Waals surface area contributed by atoms with Gasteiger partial charge in [-0.25, -0.2) is 0 Å². The van der Waals surface area contributed by atoms with Crippen molar-refractivity contribution in [2.45, 2.75) is 103 Å². The van der Waals surface area contributed by atoms with E-state index >= 15 is 0 Å². The number of unbranched alkanes of at least 4 members (excludes halogenated alkanes) is 9. The molecule has 0 aromatic heterocycles. The smallest absolute Gasteiger partial charge is 0.305 e. The van der Waals surface area contributed by atoms with E-state index < -0.39 is 0 Å². The molecule has 1 atom stereocenters.